The quantitative estimate of drug-likeness (QED) is 0.936. The van der Waals surface area contributed by atoms with Gasteiger partial charge in [0.2, 0.25) is 5.60 Å². The number of hydrogen-bond donors (Lipinski definition) is 1. The van der Waals surface area contributed by atoms with Crippen LogP contribution in [0, 0.1) is 0 Å². The number of alkyl halides is 3. The van der Waals surface area contributed by atoms with E-state index in [0.29, 0.717) is 5.75 Å². The fourth-order valence-electron chi connectivity index (χ4n) is 1.80. The summed E-state index contributed by atoms with van der Waals surface area (Å²) in [5, 5.41) is 13.0. The zero-order valence-electron chi connectivity index (χ0n) is 9.94. The molecule has 2 aromatic rings. The fourth-order valence-corrected chi connectivity index (χ4v) is 2.50. The van der Waals surface area contributed by atoms with Crippen molar-refractivity contribution in [2.24, 2.45) is 0 Å². The second kappa shape index (κ2) is 4.86. The van der Waals surface area contributed by atoms with Gasteiger partial charge in [-0.05, 0) is 34.5 Å². The molecule has 2 nitrogen and oxygen atoms in total. The average molecular weight is 288 g/mol. The highest BCUT2D eigenvalue weighted by Gasteiger charge is 2.56. The van der Waals surface area contributed by atoms with Gasteiger partial charge in [0.05, 0.1) is 7.11 Å². The molecule has 0 radical (unpaired) electrons. The third kappa shape index (κ3) is 2.33. The molecule has 0 saturated carbocycles. The van der Waals surface area contributed by atoms with Crippen molar-refractivity contribution >= 4 is 11.3 Å². The molecule has 0 aliphatic heterocycles. The molecule has 0 amide bonds. The maximum Gasteiger partial charge on any atom is 0.425 e. The van der Waals surface area contributed by atoms with E-state index in [0.717, 1.165) is 11.3 Å². The third-order valence-corrected chi connectivity index (χ3v) is 3.54. The molecule has 1 atom stereocenters. The van der Waals surface area contributed by atoms with Crippen LogP contribution in [-0.4, -0.2) is 18.4 Å². The molecule has 1 N–H and O–H groups in total. The highest BCUT2D eigenvalue weighted by atomic mass is 32.1. The Kier molecular flexibility index (Phi) is 3.56. The minimum absolute atomic E-state index is 0.185. The zero-order chi connectivity index (χ0) is 14.1. The lowest BCUT2D eigenvalue weighted by Crippen LogP contribution is -2.43. The standard InChI is InChI=1S/C13H11F3O2S/c1-18-11-4-2-9(3-5-11)12(17,13(14,15)16)10-6-7-19-8-10/h2-8,17H,1H3. The topological polar surface area (TPSA) is 29.5 Å². The molecule has 1 unspecified atom stereocenters. The predicted octanol–water partition coefficient (Wildman–Crippen LogP) is 3.55. The lowest BCUT2D eigenvalue weighted by Gasteiger charge is -2.30. The second-order valence-electron chi connectivity index (χ2n) is 3.95. The number of aliphatic hydroxyl groups is 1. The largest absolute Gasteiger partial charge is 0.497 e. The van der Waals surface area contributed by atoms with E-state index in [2.05, 4.69) is 0 Å². The minimum atomic E-state index is -4.80. The second-order valence-corrected chi connectivity index (χ2v) is 4.73. The average Bonchev–Trinajstić information content (AvgIpc) is 2.90. The first-order valence-electron chi connectivity index (χ1n) is 5.36. The van der Waals surface area contributed by atoms with Crippen molar-refractivity contribution in [3.63, 3.8) is 0 Å². The van der Waals surface area contributed by atoms with Gasteiger partial charge in [-0.2, -0.15) is 24.5 Å². The van der Waals surface area contributed by atoms with Crippen LogP contribution in [-0.2, 0) is 5.60 Å². The van der Waals surface area contributed by atoms with Gasteiger partial charge in [-0.3, -0.25) is 0 Å². The number of thiophene rings is 1. The van der Waals surface area contributed by atoms with E-state index in [9.17, 15) is 18.3 Å². The monoisotopic (exact) mass is 288 g/mol. The van der Waals surface area contributed by atoms with Crippen molar-refractivity contribution < 1.29 is 23.0 Å². The zero-order valence-corrected chi connectivity index (χ0v) is 10.8. The summed E-state index contributed by atoms with van der Waals surface area (Å²) in [5.74, 6) is 0.429. The van der Waals surface area contributed by atoms with Crippen molar-refractivity contribution in [3.05, 3.63) is 52.2 Å². The molecule has 1 aromatic carbocycles. The Morgan fingerprint density at radius 3 is 2.11 bits per heavy atom. The van der Waals surface area contributed by atoms with Gasteiger partial charge >= 0.3 is 6.18 Å². The summed E-state index contributed by atoms with van der Waals surface area (Å²) in [6.07, 6.45) is -4.80. The summed E-state index contributed by atoms with van der Waals surface area (Å²) in [5.41, 5.74) is -3.42. The maximum atomic E-state index is 13.3. The molecule has 19 heavy (non-hydrogen) atoms. The molecule has 102 valence electrons. The Morgan fingerprint density at radius 1 is 1.05 bits per heavy atom. The number of benzene rings is 1. The molecule has 0 spiro atoms. The van der Waals surface area contributed by atoms with Gasteiger partial charge in [0.15, 0.2) is 0 Å². The Morgan fingerprint density at radius 2 is 1.68 bits per heavy atom. The van der Waals surface area contributed by atoms with Gasteiger partial charge in [0.25, 0.3) is 0 Å². The van der Waals surface area contributed by atoms with Crippen LogP contribution >= 0.6 is 11.3 Å². The fraction of sp³-hybridized carbons (Fsp3) is 0.231. The summed E-state index contributed by atoms with van der Waals surface area (Å²) in [7, 11) is 1.42. The molecular formula is C13H11F3O2S. The number of methoxy groups -OCH3 is 1. The summed E-state index contributed by atoms with van der Waals surface area (Å²) in [4.78, 5) is 0. The SMILES string of the molecule is COc1ccc(C(O)(c2ccsc2)C(F)(F)F)cc1. The predicted molar refractivity (Wildman–Crippen MR) is 66.4 cm³/mol. The molecule has 2 rings (SSSR count). The Bertz CT molecular complexity index is 534. The first-order valence-corrected chi connectivity index (χ1v) is 6.30. The van der Waals surface area contributed by atoms with Gasteiger partial charge in [0.1, 0.15) is 5.75 Å². The Hall–Kier alpha value is -1.53. The number of hydrogen-bond acceptors (Lipinski definition) is 3. The van der Waals surface area contributed by atoms with Crippen molar-refractivity contribution in [3.8, 4) is 5.75 Å². The van der Waals surface area contributed by atoms with Crippen LogP contribution < -0.4 is 4.74 Å². The van der Waals surface area contributed by atoms with Crippen LogP contribution in [0.2, 0.25) is 0 Å². The minimum Gasteiger partial charge on any atom is -0.497 e. The van der Waals surface area contributed by atoms with E-state index < -0.39 is 11.8 Å². The molecular weight excluding hydrogens is 277 g/mol. The van der Waals surface area contributed by atoms with Crippen LogP contribution in [0.25, 0.3) is 0 Å². The third-order valence-electron chi connectivity index (χ3n) is 2.86. The van der Waals surface area contributed by atoms with Crippen LogP contribution in [0.5, 0.6) is 5.75 Å². The summed E-state index contributed by atoms with van der Waals surface area (Å²) < 4.78 is 44.7. The molecule has 1 heterocycles. The highest BCUT2D eigenvalue weighted by Crippen LogP contribution is 2.45. The summed E-state index contributed by atoms with van der Waals surface area (Å²) in [6.45, 7) is 0. The van der Waals surface area contributed by atoms with Gasteiger partial charge in [0, 0.05) is 5.56 Å². The summed E-state index contributed by atoms with van der Waals surface area (Å²) >= 11 is 1.10. The molecule has 1 aromatic heterocycles. The number of halogens is 3. The van der Waals surface area contributed by atoms with Crippen LogP contribution in [0.3, 0.4) is 0 Å². The van der Waals surface area contributed by atoms with Crippen molar-refractivity contribution in [2.45, 2.75) is 11.8 Å². The van der Waals surface area contributed by atoms with Crippen LogP contribution in [0.4, 0.5) is 13.2 Å². The van der Waals surface area contributed by atoms with Gasteiger partial charge < -0.3 is 9.84 Å². The Labute approximate surface area is 112 Å². The molecule has 0 aliphatic rings. The van der Waals surface area contributed by atoms with E-state index in [1.54, 1.807) is 0 Å². The maximum absolute atomic E-state index is 13.3. The van der Waals surface area contributed by atoms with Gasteiger partial charge in [-0.1, -0.05) is 12.1 Å². The smallest absolute Gasteiger partial charge is 0.425 e. The highest BCUT2D eigenvalue weighted by molar-refractivity contribution is 7.08. The molecule has 6 heteroatoms. The van der Waals surface area contributed by atoms with Crippen LogP contribution in [0.15, 0.2) is 41.1 Å². The van der Waals surface area contributed by atoms with Crippen molar-refractivity contribution in [1.29, 1.82) is 0 Å². The van der Waals surface area contributed by atoms with E-state index in [4.69, 9.17) is 4.74 Å². The van der Waals surface area contributed by atoms with E-state index in [1.165, 1.54) is 48.2 Å². The lowest BCUT2D eigenvalue weighted by atomic mass is 9.87. The van der Waals surface area contributed by atoms with Crippen molar-refractivity contribution in [1.82, 2.24) is 0 Å². The normalized spacial score (nSPS) is 15.0. The first kappa shape index (κ1) is 13.9. The van der Waals surface area contributed by atoms with Crippen molar-refractivity contribution in [2.75, 3.05) is 7.11 Å². The Balaban J connectivity index is 2.55. The molecule has 0 bridgehead atoms. The molecule has 0 aliphatic carbocycles. The van der Waals surface area contributed by atoms with E-state index in [-0.39, 0.29) is 11.1 Å². The van der Waals surface area contributed by atoms with Gasteiger partial charge in [-0.25, -0.2) is 0 Å². The van der Waals surface area contributed by atoms with Crippen LogP contribution in [0.1, 0.15) is 11.1 Å². The number of ether oxygens (including phenoxy) is 1. The molecule has 0 saturated heterocycles. The van der Waals surface area contributed by atoms with E-state index >= 15 is 0 Å². The lowest BCUT2D eigenvalue weighted by molar-refractivity contribution is -0.248. The molecule has 0 fully saturated rings. The summed E-state index contributed by atoms with van der Waals surface area (Å²) in [6, 6.07) is 6.47. The van der Waals surface area contributed by atoms with Gasteiger partial charge in [-0.15, -0.1) is 0 Å². The first-order chi connectivity index (χ1) is 8.89. The number of rotatable bonds is 3. The van der Waals surface area contributed by atoms with E-state index in [1.807, 2.05) is 0 Å².